The van der Waals surface area contributed by atoms with Crippen molar-refractivity contribution in [2.24, 2.45) is 0 Å². The molecule has 0 unspecified atom stereocenters. The van der Waals surface area contributed by atoms with Gasteiger partial charge in [0.1, 0.15) is 0 Å². The molecule has 138 valence electrons. The van der Waals surface area contributed by atoms with Crippen LogP contribution in [0.2, 0.25) is 0 Å². The zero-order valence-electron chi connectivity index (χ0n) is 14.3. The van der Waals surface area contributed by atoms with E-state index in [1.54, 1.807) is 0 Å². The Bertz CT molecular complexity index is 749. The van der Waals surface area contributed by atoms with Crippen LogP contribution >= 0.6 is 0 Å². The molecule has 8 nitrogen and oxygen atoms in total. The van der Waals surface area contributed by atoms with Gasteiger partial charge in [-0.2, -0.15) is 4.73 Å². The molecule has 1 aromatic rings. The molecule has 25 heavy (non-hydrogen) atoms. The van der Waals surface area contributed by atoms with Gasteiger partial charge >= 0.3 is 11.7 Å². The number of sulfone groups is 1. The minimum absolute atomic E-state index is 0.0534. The summed E-state index contributed by atoms with van der Waals surface area (Å²) in [5.41, 5.74) is -0.214. The van der Waals surface area contributed by atoms with E-state index in [0.29, 0.717) is 17.6 Å². The second kappa shape index (κ2) is 7.81. The normalized spacial score (nSPS) is 20.0. The molecule has 0 radical (unpaired) electrons. The molecule has 1 amide bonds. The van der Waals surface area contributed by atoms with Crippen LogP contribution in [-0.2, 0) is 19.4 Å². The fraction of sp³-hybridized carbons (Fsp3) is 0.562. The van der Waals surface area contributed by atoms with Crippen LogP contribution in [0.4, 0.5) is 0 Å². The van der Waals surface area contributed by atoms with Gasteiger partial charge in [-0.15, -0.1) is 0 Å². The quantitative estimate of drug-likeness (QED) is 0.405. The highest BCUT2D eigenvalue weighted by atomic mass is 32.2. The molecule has 0 aliphatic carbocycles. The monoisotopic (exact) mass is 370 g/mol. The number of amides is 1. The van der Waals surface area contributed by atoms with E-state index in [1.165, 1.54) is 23.1 Å². The number of nitrogens with zero attached hydrogens (tertiary/aromatic N) is 2. The molecule has 0 N–H and O–H groups in total. The molecule has 2 rings (SSSR count). The molecule has 0 bridgehead atoms. The van der Waals surface area contributed by atoms with Gasteiger partial charge in [0.15, 0.2) is 22.6 Å². The van der Waals surface area contributed by atoms with Crippen molar-refractivity contribution in [3.63, 3.8) is 0 Å². The molecule has 2 atom stereocenters. The van der Waals surface area contributed by atoms with Gasteiger partial charge in [0.2, 0.25) is 0 Å². The third-order valence-corrected chi connectivity index (χ3v) is 6.07. The van der Waals surface area contributed by atoms with Crippen molar-refractivity contribution in [3.8, 4) is 0 Å². The summed E-state index contributed by atoms with van der Waals surface area (Å²) in [6.45, 7) is 3.19. The number of rotatable bonds is 6. The third kappa shape index (κ3) is 4.68. The van der Waals surface area contributed by atoms with Crippen LogP contribution < -0.4 is 4.73 Å². The van der Waals surface area contributed by atoms with E-state index in [1.807, 2.05) is 13.8 Å². The number of esters is 1. The highest BCUT2D eigenvalue weighted by Crippen LogP contribution is 2.21. The minimum Gasteiger partial charge on any atom is -0.618 e. The van der Waals surface area contributed by atoms with E-state index >= 15 is 0 Å². The number of aromatic nitrogens is 1. The summed E-state index contributed by atoms with van der Waals surface area (Å²) in [5, 5.41) is 11.5. The van der Waals surface area contributed by atoms with Crippen molar-refractivity contribution in [2.45, 2.75) is 38.8 Å². The smallest absolute Gasteiger partial charge is 0.405 e. The lowest BCUT2D eigenvalue weighted by molar-refractivity contribution is -0.608. The summed E-state index contributed by atoms with van der Waals surface area (Å²) in [6, 6.07) is 3.70. The Balaban J connectivity index is 2.05. The van der Waals surface area contributed by atoms with Gasteiger partial charge in [0, 0.05) is 24.2 Å². The topological polar surface area (TPSA) is 108 Å². The first-order valence-electron chi connectivity index (χ1n) is 8.12. The average Bonchev–Trinajstić information content (AvgIpc) is 2.92. The van der Waals surface area contributed by atoms with Crippen molar-refractivity contribution in [1.29, 1.82) is 0 Å². The summed E-state index contributed by atoms with van der Waals surface area (Å²) in [6.07, 6.45) is 2.19. The summed E-state index contributed by atoms with van der Waals surface area (Å²) in [5.74, 6) is -1.38. The number of carbonyl (C=O) groups excluding carboxylic acids is 2. The van der Waals surface area contributed by atoms with Crippen molar-refractivity contribution in [2.75, 3.05) is 18.1 Å². The summed E-state index contributed by atoms with van der Waals surface area (Å²) >= 11 is 0. The maximum absolute atomic E-state index is 12.5. The van der Waals surface area contributed by atoms with Crippen LogP contribution in [0.1, 0.15) is 37.2 Å². The van der Waals surface area contributed by atoms with Crippen molar-refractivity contribution >= 4 is 21.7 Å². The van der Waals surface area contributed by atoms with E-state index in [4.69, 9.17) is 4.74 Å². The predicted octanol–water partition coefficient (Wildman–Crippen LogP) is 0.291. The lowest BCUT2D eigenvalue weighted by atomic mass is 10.1. The Kier molecular flexibility index (Phi) is 5.99. The third-order valence-electron chi connectivity index (χ3n) is 4.32. The molecule has 0 saturated carbocycles. The van der Waals surface area contributed by atoms with Crippen LogP contribution in [0, 0.1) is 5.21 Å². The first-order valence-corrected chi connectivity index (χ1v) is 9.94. The van der Waals surface area contributed by atoms with Crippen LogP contribution in [-0.4, -0.2) is 55.4 Å². The lowest BCUT2D eigenvalue weighted by Gasteiger charge is -2.33. The van der Waals surface area contributed by atoms with Crippen LogP contribution in [0.5, 0.6) is 0 Å². The fourth-order valence-corrected chi connectivity index (χ4v) is 4.57. The molecule has 0 spiro atoms. The van der Waals surface area contributed by atoms with E-state index in [-0.39, 0.29) is 23.2 Å². The van der Waals surface area contributed by atoms with Gasteiger partial charge in [-0.3, -0.25) is 4.79 Å². The Morgan fingerprint density at radius 2 is 2.16 bits per heavy atom. The maximum Gasteiger partial charge on any atom is 0.405 e. The minimum atomic E-state index is -3.14. The number of hydrogen-bond acceptors (Lipinski definition) is 6. The maximum atomic E-state index is 12.5. The van der Waals surface area contributed by atoms with Gasteiger partial charge in [0.05, 0.1) is 11.5 Å². The SMILES string of the molecule is CC[C@H](C)N(C(=O)COC(=O)c1cccc[n+]1[O-])[C@H]1CCS(=O)(=O)C1. The number of pyridine rings is 1. The molecule has 1 saturated heterocycles. The van der Waals surface area contributed by atoms with Crippen molar-refractivity contribution in [3.05, 3.63) is 35.3 Å². The van der Waals surface area contributed by atoms with Crippen LogP contribution in [0.3, 0.4) is 0 Å². The Morgan fingerprint density at radius 1 is 1.44 bits per heavy atom. The number of hydrogen-bond donors (Lipinski definition) is 0. The zero-order valence-corrected chi connectivity index (χ0v) is 15.1. The molecule has 1 aliphatic rings. The van der Waals surface area contributed by atoms with Gasteiger partial charge in [0.25, 0.3) is 5.91 Å². The fourth-order valence-electron chi connectivity index (χ4n) is 2.86. The Morgan fingerprint density at radius 3 is 2.72 bits per heavy atom. The zero-order chi connectivity index (χ0) is 18.6. The van der Waals surface area contributed by atoms with Gasteiger partial charge in [-0.1, -0.05) is 6.92 Å². The average molecular weight is 370 g/mol. The molecule has 9 heteroatoms. The van der Waals surface area contributed by atoms with E-state index in [2.05, 4.69) is 0 Å². The second-order valence-corrected chi connectivity index (χ2v) is 8.33. The predicted molar refractivity (Wildman–Crippen MR) is 89.3 cm³/mol. The summed E-state index contributed by atoms with van der Waals surface area (Å²) in [7, 11) is -3.14. The van der Waals surface area contributed by atoms with Gasteiger partial charge in [-0.25, -0.2) is 13.2 Å². The molecule has 1 aromatic heterocycles. The molecule has 1 fully saturated rings. The Labute approximate surface area is 146 Å². The first kappa shape index (κ1) is 19.2. The van der Waals surface area contributed by atoms with Crippen molar-refractivity contribution in [1.82, 2.24) is 4.90 Å². The molecule has 1 aliphatic heterocycles. The van der Waals surface area contributed by atoms with E-state index < -0.39 is 34.4 Å². The molecular weight excluding hydrogens is 348 g/mol. The van der Waals surface area contributed by atoms with Gasteiger partial charge < -0.3 is 14.8 Å². The number of carbonyl (C=O) groups is 2. The number of ether oxygens (including phenoxy) is 1. The summed E-state index contributed by atoms with van der Waals surface area (Å²) in [4.78, 5) is 26.0. The summed E-state index contributed by atoms with van der Waals surface area (Å²) < 4.78 is 28.7. The van der Waals surface area contributed by atoms with Crippen LogP contribution in [0.25, 0.3) is 0 Å². The first-order chi connectivity index (χ1) is 11.7. The Hall–Kier alpha value is -2.16. The van der Waals surface area contributed by atoms with Crippen LogP contribution in [0.15, 0.2) is 24.4 Å². The highest BCUT2D eigenvalue weighted by molar-refractivity contribution is 7.91. The highest BCUT2D eigenvalue weighted by Gasteiger charge is 2.37. The van der Waals surface area contributed by atoms with E-state index in [9.17, 15) is 23.2 Å². The lowest BCUT2D eigenvalue weighted by Crippen LogP contribution is -2.48. The molecule has 2 heterocycles. The standard InChI is InChI=1S/C16H22N2O6S/c1-3-12(2)18(13-7-9-25(22,23)11-13)15(19)10-24-16(20)14-6-4-5-8-17(14)21/h4-6,8,12-13H,3,7,9-11H2,1-2H3/t12-,13-/m0/s1. The van der Waals surface area contributed by atoms with E-state index in [0.717, 1.165) is 6.20 Å². The van der Waals surface area contributed by atoms with Gasteiger partial charge in [-0.05, 0) is 25.8 Å². The molecular formula is C16H22N2O6S. The molecule has 0 aromatic carbocycles. The second-order valence-electron chi connectivity index (χ2n) is 6.10. The largest absolute Gasteiger partial charge is 0.618 e. The van der Waals surface area contributed by atoms with Crippen molar-refractivity contribution < 1.29 is 27.5 Å².